The average molecular weight is 772 g/mol. The molecule has 0 bridgehead atoms. The Balaban J connectivity index is 0.00000435. The molecule has 1 aliphatic carbocycles. The molecule has 14 heteroatoms. The summed E-state index contributed by atoms with van der Waals surface area (Å²) in [5.41, 5.74) is 6.92. The normalized spacial score (nSPS) is 19.5. The fraction of sp³-hybridized carbons (Fsp3) is 0.359. The van der Waals surface area contributed by atoms with Crippen LogP contribution in [0.25, 0.3) is 33.2 Å². The second-order valence-corrected chi connectivity index (χ2v) is 14.3. The minimum Gasteiger partial charge on any atom is -0.481 e. The maximum absolute atomic E-state index is 13.0. The van der Waals surface area contributed by atoms with Gasteiger partial charge in [0.1, 0.15) is 0 Å². The molecule has 3 aromatic heterocycles. The first-order chi connectivity index (χ1) is 25.2. The maximum Gasteiger partial charge on any atom is 0.318 e. The summed E-state index contributed by atoms with van der Waals surface area (Å²) in [6, 6.07) is 15.9. The van der Waals surface area contributed by atoms with Crippen LogP contribution in [0.2, 0.25) is 5.02 Å². The van der Waals surface area contributed by atoms with Gasteiger partial charge in [-0.05, 0) is 60.4 Å². The third kappa shape index (κ3) is 6.55. The molecule has 2 atom stereocenters. The van der Waals surface area contributed by atoms with Gasteiger partial charge in [-0.3, -0.25) is 9.69 Å². The van der Waals surface area contributed by atoms with E-state index in [1.807, 2.05) is 48.2 Å². The standard InChI is InChI=1S/C39H40ClN8O4.Cr/c1-23-26(7-6-10-29(23)43-35-33-25(13-15-41-35)20-42-46(2)37(33)49)27-8-5-9-28(34(27)40)30-19-24-11-12-31(32(24)36(44-30)52-4)47-16-14-39(21-47)22-48(17-18-51-3)38(50)45-39;/h5-10,13,19-20,31H,11-12,14,16-18,21-22H2,1-4H3,(H,41,43)(H,45,50);/q-1;. The van der Waals surface area contributed by atoms with E-state index in [0.29, 0.717) is 47.2 Å². The van der Waals surface area contributed by atoms with E-state index >= 15 is 0 Å². The molecule has 5 heterocycles. The maximum atomic E-state index is 13.0. The number of benzene rings is 2. The molecule has 2 fully saturated rings. The van der Waals surface area contributed by atoms with Gasteiger partial charge in [0.05, 0.1) is 30.0 Å². The van der Waals surface area contributed by atoms with Crippen LogP contribution >= 0.6 is 11.6 Å². The number of fused-ring (bicyclic) bond motifs is 2. The van der Waals surface area contributed by atoms with Gasteiger partial charge in [-0.15, -0.1) is 6.07 Å². The molecule has 2 aliphatic heterocycles. The zero-order valence-electron chi connectivity index (χ0n) is 30.0. The quantitative estimate of drug-likeness (QED) is 0.182. The number of ether oxygens (including phenoxy) is 2. The first-order valence-electron chi connectivity index (χ1n) is 17.5. The van der Waals surface area contributed by atoms with E-state index in [1.54, 1.807) is 33.5 Å². The topological polar surface area (TPSA) is 127 Å². The first kappa shape index (κ1) is 36.8. The van der Waals surface area contributed by atoms with Crippen LogP contribution in [0.5, 0.6) is 5.88 Å². The fourth-order valence-corrected chi connectivity index (χ4v) is 8.47. The third-order valence-corrected chi connectivity index (χ3v) is 11.2. The number of hydrogen-bond acceptors (Lipinski definition) is 9. The van der Waals surface area contributed by atoms with Gasteiger partial charge in [0.2, 0.25) is 5.88 Å². The number of aromatic nitrogens is 4. The number of pyridine rings is 2. The largest absolute Gasteiger partial charge is 0.481 e. The van der Waals surface area contributed by atoms with Crippen molar-refractivity contribution in [1.82, 2.24) is 34.9 Å². The third-order valence-electron chi connectivity index (χ3n) is 10.8. The number of carbonyl (C=O) groups excluding carboxylic acids is 1. The van der Waals surface area contributed by atoms with E-state index in [4.69, 9.17) is 26.1 Å². The molecule has 2 N–H and O–H groups in total. The molecular weight excluding hydrogens is 732 g/mol. The smallest absolute Gasteiger partial charge is 0.318 e. The number of nitrogens with zero attached hydrogens (tertiary/aromatic N) is 6. The Morgan fingerprint density at radius 3 is 2.72 bits per heavy atom. The second kappa shape index (κ2) is 14.7. The van der Waals surface area contributed by atoms with Gasteiger partial charge >= 0.3 is 6.03 Å². The van der Waals surface area contributed by atoms with E-state index in [2.05, 4.69) is 37.9 Å². The number of carbonyl (C=O) groups is 1. The molecule has 2 saturated heterocycles. The number of methoxy groups -OCH3 is 2. The first-order valence-corrected chi connectivity index (χ1v) is 17.8. The van der Waals surface area contributed by atoms with E-state index in [0.717, 1.165) is 71.6 Å². The van der Waals surface area contributed by atoms with Crippen molar-refractivity contribution in [3.8, 4) is 28.3 Å². The molecule has 53 heavy (non-hydrogen) atoms. The number of anilines is 2. The molecule has 0 saturated carbocycles. The number of urea groups is 1. The van der Waals surface area contributed by atoms with Crippen LogP contribution in [-0.4, -0.2) is 88.1 Å². The van der Waals surface area contributed by atoms with E-state index < -0.39 is 0 Å². The number of halogens is 1. The molecular formula is C39H40ClCrN8O4-. The van der Waals surface area contributed by atoms with Crippen molar-refractivity contribution in [2.75, 3.05) is 52.3 Å². The minimum atomic E-state index is -0.258. The van der Waals surface area contributed by atoms with Crippen molar-refractivity contribution in [1.29, 1.82) is 0 Å². The zero-order valence-corrected chi connectivity index (χ0v) is 32.1. The van der Waals surface area contributed by atoms with Crippen molar-refractivity contribution in [3.05, 3.63) is 93.0 Å². The summed E-state index contributed by atoms with van der Waals surface area (Å²) in [6.07, 6.45) is 7.25. The van der Waals surface area contributed by atoms with E-state index in [9.17, 15) is 9.59 Å². The van der Waals surface area contributed by atoms with Gasteiger partial charge in [0.25, 0.3) is 5.56 Å². The van der Waals surface area contributed by atoms with Crippen LogP contribution in [0.15, 0.2) is 59.5 Å². The Hall–Kier alpha value is -4.51. The summed E-state index contributed by atoms with van der Waals surface area (Å²) in [6.45, 7) is 5.48. The van der Waals surface area contributed by atoms with Crippen LogP contribution in [0.4, 0.5) is 16.3 Å². The SMILES string of the molecule is COCCN1CC2(CCN(C3CCc4cc(-c5cccc(-c6cccc(Nc7n[c-]cc8cnn(C)c(=O)c78)c6C)c5Cl)nc(OC)c43)C2)NC1=O.[Cr]. The Bertz CT molecular complexity index is 2290. The van der Waals surface area contributed by atoms with Gasteiger partial charge in [0, 0.05) is 98.1 Å². The molecule has 8 rings (SSSR count). The summed E-state index contributed by atoms with van der Waals surface area (Å²) >= 11 is 7.26. The minimum absolute atomic E-state index is 0. The monoisotopic (exact) mass is 771 g/mol. The Kier molecular flexibility index (Phi) is 10.2. The van der Waals surface area contributed by atoms with Crippen LogP contribution < -0.4 is 20.9 Å². The van der Waals surface area contributed by atoms with Crippen LogP contribution in [0.1, 0.15) is 35.6 Å². The Morgan fingerprint density at radius 2 is 1.91 bits per heavy atom. The van der Waals surface area contributed by atoms with Gasteiger partial charge in [-0.25, -0.2) is 14.5 Å². The predicted molar refractivity (Wildman–Crippen MR) is 200 cm³/mol. The van der Waals surface area contributed by atoms with Crippen molar-refractivity contribution in [2.45, 2.75) is 37.8 Å². The number of hydrogen-bond donors (Lipinski definition) is 2. The zero-order chi connectivity index (χ0) is 36.1. The summed E-state index contributed by atoms with van der Waals surface area (Å²) in [5, 5.41) is 12.5. The molecule has 0 radical (unpaired) electrons. The fourth-order valence-electron chi connectivity index (χ4n) is 8.15. The van der Waals surface area contributed by atoms with Crippen molar-refractivity contribution < 1.29 is 31.6 Å². The molecule has 1 spiro atoms. The van der Waals surface area contributed by atoms with Gasteiger partial charge < -0.3 is 30.0 Å². The molecule has 274 valence electrons. The predicted octanol–water partition coefficient (Wildman–Crippen LogP) is 5.67. The number of aryl methyl sites for hydroxylation is 2. The van der Waals surface area contributed by atoms with E-state index in [1.165, 1.54) is 10.2 Å². The molecule has 3 aliphatic rings. The number of amides is 2. The van der Waals surface area contributed by atoms with E-state index in [-0.39, 0.29) is 40.5 Å². The average Bonchev–Trinajstić information content (AvgIpc) is 3.85. The molecule has 2 amide bonds. The number of likely N-dealkylation sites (tertiary alicyclic amines) is 1. The van der Waals surface area contributed by atoms with Gasteiger partial charge in [-0.1, -0.05) is 53.5 Å². The van der Waals surface area contributed by atoms with Crippen molar-refractivity contribution in [3.63, 3.8) is 0 Å². The Morgan fingerprint density at radius 1 is 1.11 bits per heavy atom. The van der Waals surface area contributed by atoms with Crippen molar-refractivity contribution in [2.24, 2.45) is 7.05 Å². The summed E-state index contributed by atoms with van der Waals surface area (Å²) in [7, 11) is 4.95. The summed E-state index contributed by atoms with van der Waals surface area (Å²) in [5.74, 6) is 1.02. The summed E-state index contributed by atoms with van der Waals surface area (Å²) in [4.78, 5) is 39.5. The number of nitrogens with one attached hydrogen (secondary N) is 2. The van der Waals surface area contributed by atoms with Gasteiger partial charge in [0.15, 0.2) is 0 Å². The molecule has 2 aromatic carbocycles. The second-order valence-electron chi connectivity index (χ2n) is 13.9. The van der Waals surface area contributed by atoms with Gasteiger partial charge in [-0.2, -0.15) is 5.10 Å². The molecule has 5 aromatic rings. The number of rotatable bonds is 9. The van der Waals surface area contributed by atoms with Crippen LogP contribution in [-0.2, 0) is 35.6 Å². The van der Waals surface area contributed by atoms with Crippen LogP contribution in [0.3, 0.4) is 0 Å². The molecule has 12 nitrogen and oxygen atoms in total. The van der Waals surface area contributed by atoms with Crippen LogP contribution in [0, 0.1) is 13.1 Å². The molecule has 2 unspecified atom stereocenters. The van der Waals surface area contributed by atoms with Crippen molar-refractivity contribution >= 4 is 39.9 Å². The Labute approximate surface area is 323 Å². The summed E-state index contributed by atoms with van der Waals surface area (Å²) < 4.78 is 12.5.